The number of hydrogen-bond acceptors (Lipinski definition) is 3. The summed E-state index contributed by atoms with van der Waals surface area (Å²) < 4.78 is 6.22. The molecule has 0 aliphatic rings. The molecule has 0 unspecified atom stereocenters. The van der Waals surface area contributed by atoms with Gasteiger partial charge in [0.2, 0.25) is 0 Å². The first-order chi connectivity index (χ1) is 7.61. The van der Waals surface area contributed by atoms with Crippen molar-refractivity contribution in [2.24, 2.45) is 0 Å². The molecule has 5 heteroatoms. The Hall–Kier alpha value is -0.870. The predicted octanol–water partition coefficient (Wildman–Crippen LogP) is 4.02. The van der Waals surface area contributed by atoms with Gasteiger partial charge in [0.15, 0.2) is 11.6 Å². The summed E-state index contributed by atoms with van der Waals surface area (Å²) >= 11 is 9.38. The van der Waals surface area contributed by atoms with Gasteiger partial charge in [-0.25, -0.2) is 9.97 Å². The second-order valence-corrected chi connectivity index (χ2v) is 4.51. The summed E-state index contributed by atoms with van der Waals surface area (Å²) in [6.07, 6.45) is 0.787. The molecule has 0 amide bonds. The van der Waals surface area contributed by atoms with Crippen molar-refractivity contribution in [3.05, 3.63) is 33.2 Å². The molecule has 2 aromatic heterocycles. The lowest BCUT2D eigenvalue weighted by molar-refractivity contribution is 0.543. The molecule has 2 aromatic rings. The maximum atomic E-state index is 6.01. The molecule has 0 aromatic carbocycles. The molecule has 0 aliphatic carbocycles. The molecule has 0 radical (unpaired) electrons. The summed E-state index contributed by atoms with van der Waals surface area (Å²) in [6, 6.07) is 3.72. The fourth-order valence-electron chi connectivity index (χ4n) is 1.36. The van der Waals surface area contributed by atoms with Gasteiger partial charge in [-0.05, 0) is 41.4 Å². The molecule has 2 rings (SSSR count). The van der Waals surface area contributed by atoms with Gasteiger partial charge in [-0.2, -0.15) is 0 Å². The third-order valence-electron chi connectivity index (χ3n) is 2.18. The number of furan rings is 1. The van der Waals surface area contributed by atoms with Crippen LogP contribution in [0.15, 0.2) is 21.0 Å². The number of hydrogen-bond donors (Lipinski definition) is 0. The highest BCUT2D eigenvalue weighted by Crippen LogP contribution is 2.27. The van der Waals surface area contributed by atoms with Gasteiger partial charge in [-0.15, -0.1) is 0 Å². The van der Waals surface area contributed by atoms with E-state index in [1.54, 1.807) is 0 Å². The highest BCUT2D eigenvalue weighted by atomic mass is 79.9. The number of halogens is 2. The summed E-state index contributed by atoms with van der Waals surface area (Å²) in [5, 5.41) is 0.413. The number of rotatable bonds is 2. The van der Waals surface area contributed by atoms with Crippen molar-refractivity contribution in [1.82, 2.24) is 9.97 Å². The average Bonchev–Trinajstić information content (AvgIpc) is 2.69. The van der Waals surface area contributed by atoms with Crippen molar-refractivity contribution in [3.63, 3.8) is 0 Å². The molecule has 2 heterocycles. The summed E-state index contributed by atoms with van der Waals surface area (Å²) in [6.45, 7) is 3.89. The lowest BCUT2D eigenvalue weighted by Gasteiger charge is -2.04. The highest BCUT2D eigenvalue weighted by Gasteiger charge is 2.12. The third-order valence-corrected chi connectivity index (χ3v) is 3.51. The summed E-state index contributed by atoms with van der Waals surface area (Å²) in [4.78, 5) is 8.58. The van der Waals surface area contributed by atoms with Crippen molar-refractivity contribution in [1.29, 1.82) is 0 Å². The van der Waals surface area contributed by atoms with Crippen LogP contribution in [-0.2, 0) is 6.42 Å². The standard InChI is InChI=1S/C11H10BrClN2O/c1-3-7-9(12)10(13)15-11(14-7)8-5-4-6(2)16-8/h4-5H,3H2,1-2H3. The van der Waals surface area contributed by atoms with Crippen molar-refractivity contribution in [2.45, 2.75) is 20.3 Å². The van der Waals surface area contributed by atoms with E-state index in [2.05, 4.69) is 25.9 Å². The molecule has 0 N–H and O–H groups in total. The van der Waals surface area contributed by atoms with E-state index >= 15 is 0 Å². The molecule has 0 spiro atoms. The zero-order chi connectivity index (χ0) is 11.7. The van der Waals surface area contributed by atoms with Gasteiger partial charge in [0.25, 0.3) is 0 Å². The molecule has 0 bridgehead atoms. The van der Waals surface area contributed by atoms with Crippen LogP contribution in [0.25, 0.3) is 11.6 Å². The molecule has 0 saturated heterocycles. The molecule has 0 aliphatic heterocycles. The molecule has 0 atom stereocenters. The lowest BCUT2D eigenvalue weighted by atomic mass is 10.3. The van der Waals surface area contributed by atoms with Crippen LogP contribution in [-0.4, -0.2) is 9.97 Å². The van der Waals surface area contributed by atoms with Crippen LogP contribution in [0.1, 0.15) is 18.4 Å². The molecular weight excluding hydrogens is 291 g/mol. The normalized spacial score (nSPS) is 10.8. The average molecular weight is 302 g/mol. The van der Waals surface area contributed by atoms with Gasteiger partial charge in [0, 0.05) is 0 Å². The van der Waals surface area contributed by atoms with Crippen LogP contribution in [0.4, 0.5) is 0 Å². The Bertz CT molecular complexity index is 525. The minimum absolute atomic E-state index is 0.413. The Morgan fingerprint density at radius 2 is 2.12 bits per heavy atom. The van der Waals surface area contributed by atoms with Gasteiger partial charge in [-0.1, -0.05) is 18.5 Å². The number of nitrogens with zero attached hydrogens (tertiary/aromatic N) is 2. The van der Waals surface area contributed by atoms with Gasteiger partial charge < -0.3 is 4.42 Å². The first kappa shape index (κ1) is 11.6. The van der Waals surface area contributed by atoms with Crippen molar-refractivity contribution >= 4 is 27.5 Å². The molecule has 0 saturated carbocycles. The van der Waals surface area contributed by atoms with Gasteiger partial charge in [0.1, 0.15) is 10.9 Å². The maximum Gasteiger partial charge on any atom is 0.197 e. The monoisotopic (exact) mass is 300 g/mol. The largest absolute Gasteiger partial charge is 0.458 e. The van der Waals surface area contributed by atoms with Gasteiger partial charge in [0.05, 0.1) is 10.2 Å². The van der Waals surface area contributed by atoms with Gasteiger partial charge in [-0.3, -0.25) is 0 Å². The minimum Gasteiger partial charge on any atom is -0.458 e. The quantitative estimate of drug-likeness (QED) is 0.786. The topological polar surface area (TPSA) is 38.9 Å². The first-order valence-corrected chi connectivity index (χ1v) is 6.07. The Kier molecular flexibility index (Phi) is 3.30. The van der Waals surface area contributed by atoms with Crippen molar-refractivity contribution in [3.8, 4) is 11.6 Å². The Balaban J connectivity index is 2.54. The van der Waals surface area contributed by atoms with E-state index in [0.717, 1.165) is 22.3 Å². The fraction of sp³-hybridized carbons (Fsp3) is 0.273. The fourth-order valence-corrected chi connectivity index (χ4v) is 2.01. The molecule has 3 nitrogen and oxygen atoms in total. The van der Waals surface area contributed by atoms with E-state index in [1.165, 1.54) is 0 Å². The zero-order valence-electron chi connectivity index (χ0n) is 8.92. The summed E-state index contributed by atoms with van der Waals surface area (Å²) in [5.41, 5.74) is 0.879. The van der Waals surface area contributed by atoms with Gasteiger partial charge >= 0.3 is 0 Å². The number of aromatic nitrogens is 2. The van der Waals surface area contributed by atoms with E-state index in [-0.39, 0.29) is 0 Å². The second-order valence-electron chi connectivity index (χ2n) is 3.36. The Morgan fingerprint density at radius 1 is 1.38 bits per heavy atom. The van der Waals surface area contributed by atoms with Crippen molar-refractivity contribution in [2.75, 3.05) is 0 Å². The van der Waals surface area contributed by atoms with Crippen LogP contribution >= 0.6 is 27.5 Å². The van der Waals surface area contributed by atoms with Crippen LogP contribution in [0.5, 0.6) is 0 Å². The molecule has 84 valence electrons. The third kappa shape index (κ3) is 2.13. The number of aryl methyl sites for hydroxylation is 2. The molecule has 16 heavy (non-hydrogen) atoms. The van der Waals surface area contributed by atoms with E-state index in [4.69, 9.17) is 16.0 Å². The van der Waals surface area contributed by atoms with Crippen LogP contribution in [0, 0.1) is 6.92 Å². The first-order valence-electron chi connectivity index (χ1n) is 4.90. The molecular formula is C11H10BrClN2O. The van der Waals surface area contributed by atoms with Crippen LogP contribution in [0.2, 0.25) is 5.15 Å². The Morgan fingerprint density at radius 3 is 2.69 bits per heavy atom. The van der Waals surface area contributed by atoms with E-state index in [9.17, 15) is 0 Å². The predicted molar refractivity (Wildman–Crippen MR) is 66.6 cm³/mol. The van der Waals surface area contributed by atoms with Crippen molar-refractivity contribution < 1.29 is 4.42 Å². The van der Waals surface area contributed by atoms with Crippen LogP contribution < -0.4 is 0 Å². The van der Waals surface area contributed by atoms with E-state index in [1.807, 2.05) is 26.0 Å². The van der Waals surface area contributed by atoms with Crippen LogP contribution in [0.3, 0.4) is 0 Å². The smallest absolute Gasteiger partial charge is 0.197 e. The summed E-state index contributed by atoms with van der Waals surface area (Å²) in [5.74, 6) is 2.00. The summed E-state index contributed by atoms with van der Waals surface area (Å²) in [7, 11) is 0. The lowest BCUT2D eigenvalue weighted by Crippen LogP contribution is -1.96. The zero-order valence-corrected chi connectivity index (χ0v) is 11.3. The SMILES string of the molecule is CCc1nc(-c2ccc(C)o2)nc(Cl)c1Br. The maximum absolute atomic E-state index is 6.01. The van der Waals surface area contributed by atoms with E-state index < -0.39 is 0 Å². The second kappa shape index (κ2) is 4.55. The molecule has 0 fully saturated rings. The Labute approximate surface area is 107 Å². The van der Waals surface area contributed by atoms with E-state index in [0.29, 0.717) is 16.7 Å². The highest BCUT2D eigenvalue weighted by molar-refractivity contribution is 9.10. The minimum atomic E-state index is 0.413.